The standard InChI is InChI=1S/C23H31N5O7/c1-11(2)19(28-20(31)15(24)9-18(29)30)22(33)27-17(21(32)26-12(3)23(34)35)8-13-10-25-16-7-5-4-6-14(13)16/h4-7,10-12,15,17,19,25H,8-9,24H2,1-3H3,(H,26,32)(H,27,33)(H,28,31)(H,29,30)(H,34,35). The second-order valence-electron chi connectivity index (χ2n) is 8.63. The number of rotatable bonds is 12. The fourth-order valence-electron chi connectivity index (χ4n) is 3.44. The van der Waals surface area contributed by atoms with Gasteiger partial charge in [0.25, 0.3) is 0 Å². The van der Waals surface area contributed by atoms with Gasteiger partial charge in [0.15, 0.2) is 0 Å². The highest BCUT2D eigenvalue weighted by atomic mass is 16.4. The molecule has 0 aliphatic carbocycles. The van der Waals surface area contributed by atoms with Crippen LogP contribution in [0.1, 0.15) is 32.8 Å². The minimum Gasteiger partial charge on any atom is -0.481 e. The van der Waals surface area contributed by atoms with Crippen LogP contribution in [0.2, 0.25) is 0 Å². The van der Waals surface area contributed by atoms with Crippen molar-refractivity contribution in [1.29, 1.82) is 0 Å². The zero-order valence-electron chi connectivity index (χ0n) is 19.7. The average molecular weight is 490 g/mol. The van der Waals surface area contributed by atoms with Gasteiger partial charge in [-0.15, -0.1) is 0 Å². The van der Waals surface area contributed by atoms with Crippen molar-refractivity contribution in [2.75, 3.05) is 0 Å². The van der Waals surface area contributed by atoms with Crippen LogP contribution >= 0.6 is 0 Å². The first-order valence-corrected chi connectivity index (χ1v) is 11.1. The van der Waals surface area contributed by atoms with E-state index in [-0.39, 0.29) is 6.42 Å². The van der Waals surface area contributed by atoms with E-state index in [2.05, 4.69) is 20.9 Å². The lowest BCUT2D eigenvalue weighted by Crippen LogP contribution is -2.58. The molecule has 0 saturated heterocycles. The molecule has 1 heterocycles. The van der Waals surface area contributed by atoms with Crippen LogP contribution in [0, 0.1) is 5.92 Å². The maximum absolute atomic E-state index is 13.1. The van der Waals surface area contributed by atoms with Gasteiger partial charge in [0.1, 0.15) is 18.1 Å². The predicted molar refractivity (Wildman–Crippen MR) is 126 cm³/mol. The number of nitrogens with two attached hydrogens (primary N) is 1. The number of carbonyl (C=O) groups is 5. The molecule has 8 N–H and O–H groups in total. The summed E-state index contributed by atoms with van der Waals surface area (Å²) in [5, 5.41) is 26.2. The Morgan fingerprint density at radius 3 is 2.20 bits per heavy atom. The molecule has 4 unspecified atom stereocenters. The lowest BCUT2D eigenvalue weighted by molar-refractivity contribution is -0.141. The summed E-state index contributed by atoms with van der Waals surface area (Å²) in [5.74, 6) is -5.16. The molecular weight excluding hydrogens is 458 g/mol. The molecule has 0 aliphatic rings. The lowest BCUT2D eigenvalue weighted by atomic mass is 10.00. The van der Waals surface area contributed by atoms with Gasteiger partial charge in [-0.25, -0.2) is 0 Å². The highest BCUT2D eigenvalue weighted by Gasteiger charge is 2.31. The maximum Gasteiger partial charge on any atom is 0.325 e. The Labute approximate surface area is 201 Å². The molecule has 2 aromatic rings. The molecule has 0 spiro atoms. The first-order valence-electron chi connectivity index (χ1n) is 11.1. The third kappa shape index (κ3) is 7.54. The van der Waals surface area contributed by atoms with Crippen LogP contribution in [0.25, 0.3) is 10.9 Å². The van der Waals surface area contributed by atoms with E-state index in [0.29, 0.717) is 0 Å². The minimum atomic E-state index is -1.36. The number of aromatic nitrogens is 1. The fraction of sp³-hybridized carbons (Fsp3) is 0.435. The minimum absolute atomic E-state index is 0.0468. The monoisotopic (exact) mass is 489 g/mol. The third-order valence-electron chi connectivity index (χ3n) is 5.44. The number of fused-ring (bicyclic) bond motifs is 1. The first kappa shape index (κ1) is 27.3. The summed E-state index contributed by atoms with van der Waals surface area (Å²) in [5.41, 5.74) is 7.14. The SMILES string of the molecule is CC(NC(=O)C(Cc1c[nH]c2ccccc12)NC(=O)C(NC(=O)C(N)CC(=O)O)C(C)C)C(=O)O. The molecule has 3 amide bonds. The Balaban J connectivity index is 2.26. The van der Waals surface area contributed by atoms with Crippen molar-refractivity contribution in [3.63, 3.8) is 0 Å². The van der Waals surface area contributed by atoms with E-state index >= 15 is 0 Å². The molecular formula is C23H31N5O7. The molecule has 0 bridgehead atoms. The Bertz CT molecular complexity index is 1100. The summed E-state index contributed by atoms with van der Waals surface area (Å²) < 4.78 is 0. The van der Waals surface area contributed by atoms with Gasteiger partial charge in [-0.3, -0.25) is 24.0 Å². The molecule has 0 fully saturated rings. The van der Waals surface area contributed by atoms with E-state index in [1.54, 1.807) is 20.0 Å². The highest BCUT2D eigenvalue weighted by Crippen LogP contribution is 2.19. The number of aromatic amines is 1. The Hall–Kier alpha value is -3.93. The van der Waals surface area contributed by atoms with E-state index in [0.717, 1.165) is 16.5 Å². The van der Waals surface area contributed by atoms with Crippen molar-refractivity contribution in [2.24, 2.45) is 11.7 Å². The number of amides is 3. The van der Waals surface area contributed by atoms with E-state index in [1.165, 1.54) is 6.92 Å². The van der Waals surface area contributed by atoms with Gasteiger partial charge in [0.2, 0.25) is 17.7 Å². The smallest absolute Gasteiger partial charge is 0.325 e. The van der Waals surface area contributed by atoms with Crippen LogP contribution in [0.3, 0.4) is 0 Å². The number of H-pyrrole nitrogens is 1. The van der Waals surface area contributed by atoms with Gasteiger partial charge in [-0.1, -0.05) is 32.0 Å². The van der Waals surface area contributed by atoms with Gasteiger partial charge >= 0.3 is 11.9 Å². The fourth-order valence-corrected chi connectivity index (χ4v) is 3.44. The van der Waals surface area contributed by atoms with Crippen molar-refractivity contribution in [2.45, 2.75) is 57.8 Å². The Morgan fingerprint density at radius 1 is 0.943 bits per heavy atom. The van der Waals surface area contributed by atoms with E-state index < -0.39 is 66.2 Å². The van der Waals surface area contributed by atoms with Crippen LogP contribution in [0.4, 0.5) is 0 Å². The molecule has 2 rings (SSSR count). The molecule has 190 valence electrons. The molecule has 4 atom stereocenters. The lowest BCUT2D eigenvalue weighted by Gasteiger charge is -2.26. The summed E-state index contributed by atoms with van der Waals surface area (Å²) in [6.07, 6.45) is 1.13. The van der Waals surface area contributed by atoms with Crippen LogP contribution in [-0.2, 0) is 30.4 Å². The largest absolute Gasteiger partial charge is 0.481 e. The van der Waals surface area contributed by atoms with Gasteiger partial charge < -0.3 is 36.9 Å². The van der Waals surface area contributed by atoms with Gasteiger partial charge in [-0.2, -0.15) is 0 Å². The Morgan fingerprint density at radius 2 is 1.60 bits per heavy atom. The van der Waals surface area contributed by atoms with Crippen molar-refractivity contribution in [3.8, 4) is 0 Å². The summed E-state index contributed by atoms with van der Waals surface area (Å²) in [4.78, 5) is 63.5. The van der Waals surface area contributed by atoms with Crippen molar-refractivity contribution in [1.82, 2.24) is 20.9 Å². The van der Waals surface area contributed by atoms with Crippen molar-refractivity contribution in [3.05, 3.63) is 36.0 Å². The number of carboxylic acids is 2. The van der Waals surface area contributed by atoms with Crippen LogP contribution < -0.4 is 21.7 Å². The van der Waals surface area contributed by atoms with E-state index in [4.69, 9.17) is 15.9 Å². The molecule has 0 radical (unpaired) electrons. The number of nitrogens with one attached hydrogen (secondary N) is 4. The number of carbonyl (C=O) groups excluding carboxylic acids is 3. The number of carboxylic acid groups (broad SMARTS) is 2. The molecule has 0 aliphatic heterocycles. The maximum atomic E-state index is 13.1. The molecule has 1 aromatic heterocycles. The summed E-state index contributed by atoms with van der Waals surface area (Å²) in [7, 11) is 0. The molecule has 35 heavy (non-hydrogen) atoms. The molecule has 0 saturated carbocycles. The molecule has 12 nitrogen and oxygen atoms in total. The number of benzene rings is 1. The normalized spacial score (nSPS) is 14.5. The quantitative estimate of drug-likeness (QED) is 0.211. The van der Waals surface area contributed by atoms with Crippen LogP contribution in [-0.4, -0.2) is 69.0 Å². The number of para-hydroxylation sites is 1. The second-order valence-corrected chi connectivity index (χ2v) is 8.63. The topological polar surface area (TPSA) is 204 Å². The summed E-state index contributed by atoms with van der Waals surface area (Å²) >= 11 is 0. The number of aliphatic carboxylic acids is 2. The zero-order chi connectivity index (χ0) is 26.3. The second kappa shape index (κ2) is 12.0. The number of hydrogen-bond acceptors (Lipinski definition) is 6. The Kier molecular flexibility index (Phi) is 9.34. The first-order chi connectivity index (χ1) is 16.4. The van der Waals surface area contributed by atoms with E-state index in [1.807, 2.05) is 24.3 Å². The van der Waals surface area contributed by atoms with Gasteiger partial charge in [-0.05, 0) is 24.5 Å². The number of hydrogen-bond donors (Lipinski definition) is 7. The van der Waals surface area contributed by atoms with Crippen molar-refractivity contribution >= 4 is 40.6 Å². The van der Waals surface area contributed by atoms with E-state index in [9.17, 15) is 24.0 Å². The molecule has 12 heteroatoms. The van der Waals surface area contributed by atoms with Gasteiger partial charge in [0.05, 0.1) is 12.5 Å². The van der Waals surface area contributed by atoms with Crippen molar-refractivity contribution < 1.29 is 34.2 Å². The molecule has 1 aromatic carbocycles. The summed E-state index contributed by atoms with van der Waals surface area (Å²) in [6, 6.07) is 2.54. The van der Waals surface area contributed by atoms with Crippen LogP contribution in [0.5, 0.6) is 0 Å². The predicted octanol–water partition coefficient (Wildman–Crippen LogP) is -0.273. The summed E-state index contributed by atoms with van der Waals surface area (Å²) in [6.45, 7) is 4.62. The highest BCUT2D eigenvalue weighted by molar-refractivity contribution is 5.95. The van der Waals surface area contributed by atoms with Crippen LogP contribution in [0.15, 0.2) is 30.5 Å². The van der Waals surface area contributed by atoms with Gasteiger partial charge in [0, 0.05) is 23.5 Å². The average Bonchev–Trinajstić information content (AvgIpc) is 3.18. The zero-order valence-corrected chi connectivity index (χ0v) is 19.7. The third-order valence-corrected chi connectivity index (χ3v) is 5.44.